The predicted octanol–water partition coefficient (Wildman–Crippen LogP) is 5.92. The SMILES string of the molecule is CC=C(c1ccccc1OCCCCCCCCC)n1ccnc1. The molecule has 2 rings (SSSR count). The van der Waals surface area contributed by atoms with Crippen LogP contribution in [0.4, 0.5) is 0 Å². The highest BCUT2D eigenvalue weighted by Crippen LogP contribution is 2.27. The molecule has 0 aliphatic heterocycles. The van der Waals surface area contributed by atoms with Gasteiger partial charge in [-0.05, 0) is 25.5 Å². The number of hydrogen-bond acceptors (Lipinski definition) is 2. The molecule has 1 heterocycles. The Hall–Kier alpha value is -2.03. The molecule has 0 amide bonds. The maximum atomic E-state index is 6.07. The maximum Gasteiger partial charge on any atom is 0.128 e. The summed E-state index contributed by atoms with van der Waals surface area (Å²) in [6.07, 6.45) is 16.8. The van der Waals surface area contributed by atoms with Crippen LogP contribution in [0.1, 0.15) is 64.4 Å². The van der Waals surface area contributed by atoms with Gasteiger partial charge in [0, 0.05) is 18.0 Å². The van der Waals surface area contributed by atoms with Crippen LogP contribution < -0.4 is 4.74 Å². The first-order chi connectivity index (χ1) is 11.9. The van der Waals surface area contributed by atoms with E-state index in [1.807, 2.05) is 30.1 Å². The van der Waals surface area contributed by atoms with Gasteiger partial charge in [0.15, 0.2) is 0 Å². The molecule has 2 aromatic rings. The molecule has 0 atom stereocenters. The Morgan fingerprint density at radius 1 is 1.08 bits per heavy atom. The lowest BCUT2D eigenvalue weighted by atomic mass is 10.1. The van der Waals surface area contributed by atoms with Crippen molar-refractivity contribution in [3.8, 4) is 5.75 Å². The fourth-order valence-electron chi connectivity index (χ4n) is 2.89. The molecule has 0 aliphatic rings. The largest absolute Gasteiger partial charge is 0.493 e. The van der Waals surface area contributed by atoms with E-state index in [0.29, 0.717) is 0 Å². The van der Waals surface area contributed by atoms with Crippen molar-refractivity contribution in [2.24, 2.45) is 0 Å². The van der Waals surface area contributed by atoms with Crippen molar-refractivity contribution in [2.45, 2.75) is 58.8 Å². The molecule has 3 nitrogen and oxygen atoms in total. The average Bonchev–Trinajstić information content (AvgIpc) is 3.13. The van der Waals surface area contributed by atoms with Crippen LogP contribution in [0, 0.1) is 0 Å². The van der Waals surface area contributed by atoms with Gasteiger partial charge in [-0.3, -0.25) is 0 Å². The first kappa shape index (κ1) is 18.3. The Labute approximate surface area is 146 Å². The Kier molecular flexibility index (Phi) is 8.16. The number of unbranched alkanes of at least 4 members (excludes halogenated alkanes) is 6. The molecule has 0 unspecified atom stereocenters. The van der Waals surface area contributed by atoms with E-state index in [9.17, 15) is 0 Å². The minimum atomic E-state index is 0.783. The second-order valence-corrected chi connectivity index (χ2v) is 6.11. The monoisotopic (exact) mass is 326 g/mol. The molecule has 130 valence electrons. The van der Waals surface area contributed by atoms with Crippen molar-refractivity contribution >= 4 is 5.70 Å². The van der Waals surface area contributed by atoms with Gasteiger partial charge < -0.3 is 9.30 Å². The average molecular weight is 326 g/mol. The van der Waals surface area contributed by atoms with E-state index in [2.05, 4.69) is 36.2 Å². The van der Waals surface area contributed by atoms with Gasteiger partial charge in [0.1, 0.15) is 5.75 Å². The Bertz CT molecular complexity index is 602. The van der Waals surface area contributed by atoms with Gasteiger partial charge in [0.05, 0.1) is 18.6 Å². The zero-order chi connectivity index (χ0) is 17.0. The highest BCUT2D eigenvalue weighted by atomic mass is 16.5. The van der Waals surface area contributed by atoms with Crippen LogP contribution in [0.5, 0.6) is 5.75 Å². The molecule has 0 bridgehead atoms. The first-order valence-electron chi connectivity index (χ1n) is 9.23. The van der Waals surface area contributed by atoms with Gasteiger partial charge in [-0.25, -0.2) is 4.98 Å². The molecule has 0 N–H and O–H groups in total. The molecule has 0 fully saturated rings. The maximum absolute atomic E-state index is 6.07. The summed E-state index contributed by atoms with van der Waals surface area (Å²) in [5.41, 5.74) is 2.21. The van der Waals surface area contributed by atoms with Crippen molar-refractivity contribution in [2.75, 3.05) is 6.61 Å². The van der Waals surface area contributed by atoms with Gasteiger partial charge in [-0.15, -0.1) is 0 Å². The minimum Gasteiger partial charge on any atom is -0.493 e. The number of benzene rings is 1. The molecular formula is C21H30N2O. The number of ether oxygens (including phenoxy) is 1. The number of hydrogen-bond donors (Lipinski definition) is 0. The fraction of sp³-hybridized carbons (Fsp3) is 0.476. The van der Waals surface area contributed by atoms with Crippen molar-refractivity contribution in [3.05, 3.63) is 54.6 Å². The number of para-hydroxylation sites is 1. The molecule has 24 heavy (non-hydrogen) atoms. The third kappa shape index (κ3) is 5.55. The quantitative estimate of drug-likeness (QED) is 0.479. The van der Waals surface area contributed by atoms with Gasteiger partial charge >= 0.3 is 0 Å². The number of nitrogens with zero attached hydrogens (tertiary/aromatic N) is 2. The molecular weight excluding hydrogens is 296 g/mol. The summed E-state index contributed by atoms with van der Waals surface area (Å²) in [6.45, 7) is 5.09. The van der Waals surface area contributed by atoms with E-state index < -0.39 is 0 Å². The van der Waals surface area contributed by atoms with Crippen LogP contribution in [0.2, 0.25) is 0 Å². The number of rotatable bonds is 11. The summed E-state index contributed by atoms with van der Waals surface area (Å²) in [7, 11) is 0. The number of aromatic nitrogens is 2. The molecule has 0 radical (unpaired) electrons. The Morgan fingerprint density at radius 3 is 2.54 bits per heavy atom. The number of allylic oxidation sites excluding steroid dienone is 1. The second-order valence-electron chi connectivity index (χ2n) is 6.11. The number of imidazole rings is 1. The summed E-state index contributed by atoms with van der Waals surface area (Å²) >= 11 is 0. The summed E-state index contributed by atoms with van der Waals surface area (Å²) in [5, 5.41) is 0. The summed E-state index contributed by atoms with van der Waals surface area (Å²) in [6, 6.07) is 8.24. The highest BCUT2D eigenvalue weighted by Gasteiger charge is 2.09. The van der Waals surface area contributed by atoms with Crippen LogP contribution in [0.15, 0.2) is 49.1 Å². The third-order valence-electron chi connectivity index (χ3n) is 4.22. The lowest BCUT2D eigenvalue weighted by Crippen LogP contribution is -2.03. The van der Waals surface area contributed by atoms with E-state index in [0.717, 1.165) is 30.0 Å². The van der Waals surface area contributed by atoms with E-state index >= 15 is 0 Å². The second kappa shape index (κ2) is 10.7. The Morgan fingerprint density at radius 2 is 1.83 bits per heavy atom. The van der Waals surface area contributed by atoms with Crippen LogP contribution >= 0.6 is 0 Å². The van der Waals surface area contributed by atoms with E-state index in [-0.39, 0.29) is 0 Å². The van der Waals surface area contributed by atoms with Crippen LogP contribution in [0.3, 0.4) is 0 Å². The standard InChI is InChI=1S/C21H30N2O/c1-3-5-6-7-8-9-12-17-24-21-14-11-10-13-19(21)20(4-2)23-16-15-22-18-23/h4,10-11,13-16,18H,3,5-9,12,17H2,1-2H3. The lowest BCUT2D eigenvalue weighted by molar-refractivity contribution is 0.303. The van der Waals surface area contributed by atoms with Crippen molar-refractivity contribution in [1.82, 2.24) is 9.55 Å². The van der Waals surface area contributed by atoms with Crippen LogP contribution in [0.25, 0.3) is 5.70 Å². The van der Waals surface area contributed by atoms with Crippen molar-refractivity contribution < 1.29 is 4.74 Å². The predicted molar refractivity (Wildman–Crippen MR) is 101 cm³/mol. The molecule has 0 saturated heterocycles. The zero-order valence-corrected chi connectivity index (χ0v) is 15.1. The zero-order valence-electron chi connectivity index (χ0n) is 15.1. The molecule has 1 aromatic carbocycles. The molecule has 0 aliphatic carbocycles. The van der Waals surface area contributed by atoms with Crippen molar-refractivity contribution in [1.29, 1.82) is 0 Å². The van der Waals surface area contributed by atoms with E-state index in [1.54, 1.807) is 6.20 Å². The molecule has 0 spiro atoms. The van der Waals surface area contributed by atoms with Crippen molar-refractivity contribution in [3.63, 3.8) is 0 Å². The summed E-state index contributed by atoms with van der Waals surface area (Å²) in [5.74, 6) is 0.949. The van der Waals surface area contributed by atoms with Gasteiger partial charge in [-0.2, -0.15) is 0 Å². The smallest absolute Gasteiger partial charge is 0.128 e. The fourth-order valence-corrected chi connectivity index (χ4v) is 2.89. The molecule has 1 aromatic heterocycles. The van der Waals surface area contributed by atoms with Gasteiger partial charge in [0.25, 0.3) is 0 Å². The van der Waals surface area contributed by atoms with E-state index in [4.69, 9.17) is 4.74 Å². The first-order valence-corrected chi connectivity index (χ1v) is 9.23. The van der Waals surface area contributed by atoms with Crippen LogP contribution in [-0.2, 0) is 0 Å². The normalized spacial score (nSPS) is 11.7. The summed E-state index contributed by atoms with van der Waals surface area (Å²) in [4.78, 5) is 4.14. The van der Waals surface area contributed by atoms with Crippen LogP contribution in [-0.4, -0.2) is 16.2 Å². The summed E-state index contributed by atoms with van der Waals surface area (Å²) < 4.78 is 8.09. The minimum absolute atomic E-state index is 0.783. The molecule has 0 saturated carbocycles. The lowest BCUT2D eigenvalue weighted by Gasteiger charge is -2.14. The Balaban J connectivity index is 1.86. The van der Waals surface area contributed by atoms with Gasteiger partial charge in [-0.1, -0.05) is 63.7 Å². The third-order valence-corrected chi connectivity index (χ3v) is 4.22. The van der Waals surface area contributed by atoms with E-state index in [1.165, 1.54) is 38.5 Å². The highest BCUT2D eigenvalue weighted by molar-refractivity contribution is 5.70. The topological polar surface area (TPSA) is 27.1 Å². The molecule has 3 heteroatoms. The van der Waals surface area contributed by atoms with Gasteiger partial charge in [0.2, 0.25) is 0 Å².